The zero-order valence-corrected chi connectivity index (χ0v) is 10.6. The summed E-state index contributed by atoms with van der Waals surface area (Å²) >= 11 is 0. The van der Waals surface area contributed by atoms with E-state index in [9.17, 15) is 4.79 Å². The first kappa shape index (κ1) is 12.1. The SMILES string of the molecule is CCC1CCN(c2ccc(C(C)=O)nc2)CC1. The number of hydrogen-bond donors (Lipinski definition) is 0. The fourth-order valence-electron chi connectivity index (χ4n) is 2.38. The van der Waals surface area contributed by atoms with Crippen LogP contribution in [0.1, 0.15) is 43.6 Å². The zero-order chi connectivity index (χ0) is 12.3. The Kier molecular flexibility index (Phi) is 3.77. The Labute approximate surface area is 103 Å². The Bertz CT molecular complexity index is 378. The standard InChI is InChI=1S/C14H20N2O/c1-3-12-6-8-16(9-7-12)13-4-5-14(11(2)17)15-10-13/h4-5,10,12H,3,6-9H2,1-2H3. The van der Waals surface area contributed by atoms with E-state index in [1.165, 1.54) is 19.3 Å². The van der Waals surface area contributed by atoms with Crippen LogP contribution in [-0.4, -0.2) is 23.9 Å². The smallest absolute Gasteiger partial charge is 0.178 e. The molecule has 2 heterocycles. The van der Waals surface area contributed by atoms with Gasteiger partial charge in [-0.15, -0.1) is 0 Å². The molecule has 3 heteroatoms. The van der Waals surface area contributed by atoms with Gasteiger partial charge in [0.15, 0.2) is 5.78 Å². The van der Waals surface area contributed by atoms with Crippen molar-refractivity contribution >= 4 is 11.5 Å². The predicted octanol–water partition coefficient (Wildman–Crippen LogP) is 2.91. The molecule has 1 saturated heterocycles. The third-order valence-corrected chi connectivity index (χ3v) is 3.67. The Morgan fingerprint density at radius 2 is 2.12 bits per heavy atom. The molecule has 0 bridgehead atoms. The van der Waals surface area contributed by atoms with Crippen LogP contribution in [-0.2, 0) is 0 Å². The number of anilines is 1. The zero-order valence-electron chi connectivity index (χ0n) is 10.6. The van der Waals surface area contributed by atoms with Crippen LogP contribution in [0.15, 0.2) is 18.3 Å². The number of Topliss-reactive ketones (excluding diaryl/α,β-unsaturated/α-hetero) is 1. The number of carbonyl (C=O) groups excluding carboxylic acids is 1. The number of pyridine rings is 1. The van der Waals surface area contributed by atoms with Crippen LogP contribution in [0.25, 0.3) is 0 Å². The lowest BCUT2D eigenvalue weighted by Crippen LogP contribution is -2.33. The second-order valence-corrected chi connectivity index (χ2v) is 4.80. The first-order valence-electron chi connectivity index (χ1n) is 6.42. The number of piperidine rings is 1. The van der Waals surface area contributed by atoms with Crippen LogP contribution in [0.5, 0.6) is 0 Å². The van der Waals surface area contributed by atoms with E-state index in [4.69, 9.17) is 0 Å². The van der Waals surface area contributed by atoms with Gasteiger partial charge in [0.2, 0.25) is 0 Å². The van der Waals surface area contributed by atoms with Crippen molar-refractivity contribution in [3.8, 4) is 0 Å². The van der Waals surface area contributed by atoms with Crippen molar-refractivity contribution in [2.45, 2.75) is 33.1 Å². The molecule has 0 radical (unpaired) electrons. The molecule has 1 aromatic heterocycles. The minimum atomic E-state index is 0.0289. The lowest BCUT2D eigenvalue weighted by Gasteiger charge is -2.33. The maximum absolute atomic E-state index is 11.1. The highest BCUT2D eigenvalue weighted by Gasteiger charge is 2.18. The van der Waals surface area contributed by atoms with Gasteiger partial charge in [0.1, 0.15) is 5.69 Å². The van der Waals surface area contributed by atoms with Gasteiger partial charge >= 0.3 is 0 Å². The number of nitrogens with zero attached hydrogens (tertiary/aromatic N) is 2. The molecule has 92 valence electrons. The van der Waals surface area contributed by atoms with Crippen molar-refractivity contribution in [3.63, 3.8) is 0 Å². The Hall–Kier alpha value is -1.38. The molecule has 0 N–H and O–H groups in total. The highest BCUT2D eigenvalue weighted by Crippen LogP contribution is 2.24. The Morgan fingerprint density at radius 1 is 1.41 bits per heavy atom. The van der Waals surface area contributed by atoms with Gasteiger partial charge < -0.3 is 4.90 Å². The number of aromatic nitrogens is 1. The lowest BCUT2D eigenvalue weighted by molar-refractivity contribution is 0.101. The molecule has 2 rings (SSSR count). The minimum Gasteiger partial charge on any atom is -0.370 e. The fraction of sp³-hybridized carbons (Fsp3) is 0.571. The average molecular weight is 232 g/mol. The van der Waals surface area contributed by atoms with E-state index in [0.717, 1.165) is 24.7 Å². The maximum atomic E-state index is 11.1. The second kappa shape index (κ2) is 5.30. The van der Waals surface area contributed by atoms with Gasteiger partial charge in [-0.25, -0.2) is 0 Å². The molecule has 1 fully saturated rings. The highest BCUT2D eigenvalue weighted by atomic mass is 16.1. The third kappa shape index (κ3) is 2.84. The van der Waals surface area contributed by atoms with Gasteiger partial charge in [-0.05, 0) is 30.9 Å². The number of carbonyl (C=O) groups is 1. The fourth-order valence-corrected chi connectivity index (χ4v) is 2.38. The molecule has 1 aliphatic heterocycles. The van der Waals surface area contributed by atoms with Crippen LogP contribution in [0.2, 0.25) is 0 Å². The molecule has 0 unspecified atom stereocenters. The summed E-state index contributed by atoms with van der Waals surface area (Å²) in [4.78, 5) is 17.7. The molecule has 0 aliphatic carbocycles. The molecule has 1 aromatic rings. The summed E-state index contributed by atoms with van der Waals surface area (Å²) in [6.45, 7) is 6.04. The van der Waals surface area contributed by atoms with Crippen LogP contribution < -0.4 is 4.90 Å². The summed E-state index contributed by atoms with van der Waals surface area (Å²) in [5.74, 6) is 0.914. The molecule has 0 saturated carbocycles. The molecule has 0 atom stereocenters. The summed E-state index contributed by atoms with van der Waals surface area (Å²) < 4.78 is 0. The van der Waals surface area contributed by atoms with Crippen molar-refractivity contribution in [2.75, 3.05) is 18.0 Å². The van der Waals surface area contributed by atoms with Crippen LogP contribution in [0.4, 0.5) is 5.69 Å². The van der Waals surface area contributed by atoms with E-state index >= 15 is 0 Å². The molecule has 3 nitrogen and oxygen atoms in total. The van der Waals surface area contributed by atoms with E-state index in [2.05, 4.69) is 16.8 Å². The van der Waals surface area contributed by atoms with Crippen molar-refractivity contribution in [2.24, 2.45) is 5.92 Å². The molecule has 17 heavy (non-hydrogen) atoms. The first-order chi connectivity index (χ1) is 8.20. The number of rotatable bonds is 3. The van der Waals surface area contributed by atoms with E-state index in [1.54, 1.807) is 6.92 Å². The van der Waals surface area contributed by atoms with Gasteiger partial charge in [0.25, 0.3) is 0 Å². The predicted molar refractivity (Wildman–Crippen MR) is 69.5 cm³/mol. The van der Waals surface area contributed by atoms with Gasteiger partial charge in [0.05, 0.1) is 11.9 Å². The topological polar surface area (TPSA) is 33.2 Å². The summed E-state index contributed by atoms with van der Waals surface area (Å²) in [6, 6.07) is 3.83. The van der Waals surface area contributed by atoms with Gasteiger partial charge in [-0.2, -0.15) is 0 Å². The second-order valence-electron chi connectivity index (χ2n) is 4.80. The van der Waals surface area contributed by atoms with Gasteiger partial charge in [-0.3, -0.25) is 9.78 Å². The summed E-state index contributed by atoms with van der Waals surface area (Å²) in [7, 11) is 0. The van der Waals surface area contributed by atoms with E-state index in [-0.39, 0.29) is 5.78 Å². The van der Waals surface area contributed by atoms with E-state index in [0.29, 0.717) is 5.69 Å². The Balaban J connectivity index is 2.01. The minimum absolute atomic E-state index is 0.0289. The number of hydrogen-bond acceptors (Lipinski definition) is 3. The lowest BCUT2D eigenvalue weighted by atomic mass is 9.94. The first-order valence-corrected chi connectivity index (χ1v) is 6.42. The van der Waals surface area contributed by atoms with Crippen molar-refractivity contribution in [1.29, 1.82) is 0 Å². The summed E-state index contributed by atoms with van der Waals surface area (Å²) in [5.41, 5.74) is 1.70. The molecule has 1 aliphatic rings. The highest BCUT2D eigenvalue weighted by molar-refractivity contribution is 5.92. The molecule has 0 spiro atoms. The van der Waals surface area contributed by atoms with Gasteiger partial charge in [0, 0.05) is 20.0 Å². The quantitative estimate of drug-likeness (QED) is 0.751. The molecule has 0 amide bonds. The molecular weight excluding hydrogens is 212 g/mol. The van der Waals surface area contributed by atoms with E-state index in [1.807, 2.05) is 18.3 Å². The average Bonchev–Trinajstić information content (AvgIpc) is 2.39. The van der Waals surface area contributed by atoms with Crippen molar-refractivity contribution in [3.05, 3.63) is 24.0 Å². The molecular formula is C14H20N2O. The van der Waals surface area contributed by atoms with Crippen LogP contribution >= 0.6 is 0 Å². The third-order valence-electron chi connectivity index (χ3n) is 3.67. The molecule has 0 aromatic carbocycles. The normalized spacial score (nSPS) is 17.2. The van der Waals surface area contributed by atoms with Crippen LogP contribution in [0, 0.1) is 5.92 Å². The monoisotopic (exact) mass is 232 g/mol. The summed E-state index contributed by atoms with van der Waals surface area (Å²) in [6.07, 6.45) is 5.65. The largest absolute Gasteiger partial charge is 0.370 e. The maximum Gasteiger partial charge on any atom is 0.178 e. The Morgan fingerprint density at radius 3 is 2.59 bits per heavy atom. The van der Waals surface area contributed by atoms with Crippen molar-refractivity contribution in [1.82, 2.24) is 4.98 Å². The summed E-state index contributed by atoms with van der Waals surface area (Å²) in [5, 5.41) is 0. The van der Waals surface area contributed by atoms with Gasteiger partial charge in [-0.1, -0.05) is 13.3 Å². The van der Waals surface area contributed by atoms with Crippen LogP contribution in [0.3, 0.4) is 0 Å². The van der Waals surface area contributed by atoms with E-state index < -0.39 is 0 Å². The number of ketones is 1. The van der Waals surface area contributed by atoms with Crippen molar-refractivity contribution < 1.29 is 4.79 Å².